The lowest BCUT2D eigenvalue weighted by atomic mass is 10.1. The third-order valence-corrected chi connectivity index (χ3v) is 6.86. The normalized spacial score (nSPS) is 14.6. The number of anilines is 2. The van der Waals surface area contributed by atoms with Gasteiger partial charge in [-0.2, -0.15) is 4.31 Å². The summed E-state index contributed by atoms with van der Waals surface area (Å²) < 4.78 is 46.7. The fraction of sp³-hybridized carbons (Fsp3) is 0.238. The van der Waals surface area contributed by atoms with E-state index in [0.717, 1.165) is 12.8 Å². The van der Waals surface area contributed by atoms with Gasteiger partial charge in [-0.25, -0.2) is 12.8 Å². The highest BCUT2D eigenvalue weighted by atomic mass is 32.2. The van der Waals surface area contributed by atoms with Crippen LogP contribution in [0.25, 0.3) is 11.3 Å². The van der Waals surface area contributed by atoms with Crippen molar-refractivity contribution in [3.8, 4) is 17.0 Å². The Morgan fingerprint density at radius 1 is 1.03 bits per heavy atom. The molecule has 2 heterocycles. The minimum absolute atomic E-state index is 0.111. The number of ether oxygens (including phenoxy) is 1. The third kappa shape index (κ3) is 3.99. The van der Waals surface area contributed by atoms with Crippen molar-refractivity contribution < 1.29 is 17.5 Å². The zero-order valence-electron chi connectivity index (χ0n) is 16.4. The van der Waals surface area contributed by atoms with Gasteiger partial charge in [-0.1, -0.05) is 12.1 Å². The number of rotatable bonds is 6. The molecule has 1 aromatic heterocycles. The fourth-order valence-corrected chi connectivity index (χ4v) is 5.06. The molecule has 0 unspecified atom stereocenters. The minimum atomic E-state index is -3.66. The number of aromatic nitrogens is 2. The number of hydrogen-bond acceptors (Lipinski definition) is 6. The molecule has 0 saturated carbocycles. The molecule has 30 heavy (non-hydrogen) atoms. The van der Waals surface area contributed by atoms with Gasteiger partial charge >= 0.3 is 0 Å². The number of nitrogens with one attached hydrogen (secondary N) is 1. The standard InChI is InChI=1S/C21H21FN4O3S/c1-29-19-10-8-15(14-20(19)30(27,28)26-12-4-5-13-26)17-9-11-21(25-24-17)23-18-7-3-2-6-16(18)22/h2-3,6-11,14H,4-5,12-13H2,1H3,(H,23,25). The Kier molecular flexibility index (Phi) is 5.65. The van der Waals surface area contributed by atoms with Crippen molar-refractivity contribution in [1.82, 2.24) is 14.5 Å². The topological polar surface area (TPSA) is 84.4 Å². The van der Waals surface area contributed by atoms with Crippen molar-refractivity contribution in [3.63, 3.8) is 0 Å². The molecule has 0 radical (unpaired) electrons. The maximum absolute atomic E-state index is 13.8. The van der Waals surface area contributed by atoms with E-state index < -0.39 is 15.8 Å². The average molecular weight is 428 g/mol. The van der Waals surface area contributed by atoms with Gasteiger partial charge in [-0.05, 0) is 55.3 Å². The number of hydrogen-bond donors (Lipinski definition) is 1. The van der Waals surface area contributed by atoms with Crippen LogP contribution in [0.5, 0.6) is 5.75 Å². The molecular weight excluding hydrogens is 407 g/mol. The van der Waals surface area contributed by atoms with Crippen LogP contribution in [-0.2, 0) is 10.0 Å². The van der Waals surface area contributed by atoms with Gasteiger partial charge in [-0.3, -0.25) is 0 Å². The summed E-state index contributed by atoms with van der Waals surface area (Å²) in [5.74, 6) is 0.272. The minimum Gasteiger partial charge on any atom is -0.495 e. The number of para-hydroxylation sites is 1. The van der Waals surface area contributed by atoms with E-state index in [2.05, 4.69) is 15.5 Å². The van der Waals surface area contributed by atoms with E-state index >= 15 is 0 Å². The highest BCUT2D eigenvalue weighted by molar-refractivity contribution is 7.89. The third-order valence-electron chi connectivity index (χ3n) is 4.94. The number of nitrogens with zero attached hydrogens (tertiary/aromatic N) is 3. The highest BCUT2D eigenvalue weighted by Gasteiger charge is 2.30. The van der Waals surface area contributed by atoms with E-state index in [-0.39, 0.29) is 10.6 Å². The van der Waals surface area contributed by atoms with E-state index in [1.54, 1.807) is 48.5 Å². The molecule has 1 fully saturated rings. The molecule has 0 spiro atoms. The molecule has 1 aliphatic rings. The van der Waals surface area contributed by atoms with Gasteiger partial charge in [0.1, 0.15) is 16.5 Å². The van der Waals surface area contributed by atoms with E-state index in [1.807, 2.05) is 0 Å². The van der Waals surface area contributed by atoms with E-state index in [9.17, 15) is 12.8 Å². The van der Waals surface area contributed by atoms with E-state index in [1.165, 1.54) is 17.5 Å². The van der Waals surface area contributed by atoms with Crippen molar-refractivity contribution in [1.29, 1.82) is 0 Å². The maximum Gasteiger partial charge on any atom is 0.246 e. The lowest BCUT2D eigenvalue weighted by Crippen LogP contribution is -2.28. The molecule has 0 atom stereocenters. The molecule has 0 aliphatic carbocycles. The first-order chi connectivity index (χ1) is 14.5. The van der Waals surface area contributed by atoms with Crippen molar-refractivity contribution in [2.24, 2.45) is 0 Å². The second kappa shape index (κ2) is 8.37. The van der Waals surface area contributed by atoms with Gasteiger partial charge in [0.25, 0.3) is 0 Å². The van der Waals surface area contributed by atoms with E-state index in [4.69, 9.17) is 4.74 Å². The quantitative estimate of drug-likeness (QED) is 0.643. The molecule has 1 aliphatic heterocycles. The largest absolute Gasteiger partial charge is 0.495 e. The molecule has 0 bridgehead atoms. The second-order valence-electron chi connectivity index (χ2n) is 6.89. The van der Waals surface area contributed by atoms with Gasteiger partial charge in [0.05, 0.1) is 18.5 Å². The van der Waals surface area contributed by atoms with Crippen LogP contribution in [0.4, 0.5) is 15.9 Å². The van der Waals surface area contributed by atoms with Crippen LogP contribution in [0, 0.1) is 5.82 Å². The van der Waals surface area contributed by atoms with Crippen LogP contribution in [0.15, 0.2) is 59.5 Å². The SMILES string of the molecule is COc1ccc(-c2ccc(Nc3ccccc3F)nn2)cc1S(=O)(=O)N1CCCC1. The predicted octanol–water partition coefficient (Wildman–Crippen LogP) is 3.82. The molecule has 9 heteroatoms. The molecule has 3 aromatic rings. The summed E-state index contributed by atoms with van der Waals surface area (Å²) in [6, 6.07) is 14.5. The Balaban J connectivity index is 1.63. The van der Waals surface area contributed by atoms with Gasteiger partial charge in [0.15, 0.2) is 5.82 Å². The Morgan fingerprint density at radius 2 is 1.80 bits per heavy atom. The summed E-state index contributed by atoms with van der Waals surface area (Å²) in [4.78, 5) is 0.111. The molecular formula is C21H21FN4O3S. The number of sulfonamides is 1. The Bertz CT molecular complexity index is 1150. The number of methoxy groups -OCH3 is 1. The molecule has 2 aromatic carbocycles. The van der Waals surface area contributed by atoms with Gasteiger partial charge in [-0.15, -0.1) is 10.2 Å². The molecule has 0 amide bonds. The van der Waals surface area contributed by atoms with Crippen LogP contribution in [0.3, 0.4) is 0 Å². The molecule has 1 saturated heterocycles. The molecule has 7 nitrogen and oxygen atoms in total. The number of benzene rings is 2. The Labute approximate surface area is 174 Å². The summed E-state index contributed by atoms with van der Waals surface area (Å²) >= 11 is 0. The first-order valence-corrected chi connectivity index (χ1v) is 11.0. The summed E-state index contributed by atoms with van der Waals surface area (Å²) in [5.41, 5.74) is 1.39. The lowest BCUT2D eigenvalue weighted by molar-refractivity contribution is 0.398. The molecule has 4 rings (SSSR count). The smallest absolute Gasteiger partial charge is 0.246 e. The fourth-order valence-electron chi connectivity index (χ4n) is 3.36. The lowest BCUT2D eigenvalue weighted by Gasteiger charge is -2.18. The Morgan fingerprint density at radius 3 is 2.47 bits per heavy atom. The zero-order chi connectivity index (χ0) is 21.1. The van der Waals surface area contributed by atoms with Gasteiger partial charge in [0.2, 0.25) is 10.0 Å². The van der Waals surface area contributed by atoms with Crippen LogP contribution >= 0.6 is 0 Å². The molecule has 1 N–H and O–H groups in total. The van der Waals surface area contributed by atoms with E-state index in [0.29, 0.717) is 35.9 Å². The first-order valence-electron chi connectivity index (χ1n) is 9.53. The van der Waals surface area contributed by atoms with Crippen LogP contribution in [0.2, 0.25) is 0 Å². The summed E-state index contributed by atoms with van der Waals surface area (Å²) in [5, 5.41) is 11.1. The second-order valence-corrected chi connectivity index (χ2v) is 8.79. The van der Waals surface area contributed by atoms with Gasteiger partial charge in [0, 0.05) is 18.7 Å². The van der Waals surface area contributed by atoms with Crippen molar-refractivity contribution in [3.05, 3.63) is 60.4 Å². The summed E-state index contributed by atoms with van der Waals surface area (Å²) in [6.45, 7) is 1.01. The van der Waals surface area contributed by atoms with Gasteiger partial charge < -0.3 is 10.1 Å². The highest BCUT2D eigenvalue weighted by Crippen LogP contribution is 2.32. The summed E-state index contributed by atoms with van der Waals surface area (Å²) in [7, 11) is -2.21. The molecule has 156 valence electrons. The van der Waals surface area contributed by atoms with Crippen LogP contribution in [-0.4, -0.2) is 43.1 Å². The van der Waals surface area contributed by atoms with Crippen molar-refractivity contribution >= 4 is 21.5 Å². The van der Waals surface area contributed by atoms with Crippen molar-refractivity contribution in [2.75, 3.05) is 25.5 Å². The monoisotopic (exact) mass is 428 g/mol. The maximum atomic E-state index is 13.8. The average Bonchev–Trinajstić information content (AvgIpc) is 3.31. The first kappa shape index (κ1) is 20.2. The van der Waals surface area contributed by atoms with Crippen LogP contribution in [0.1, 0.15) is 12.8 Å². The summed E-state index contributed by atoms with van der Waals surface area (Å²) in [6.07, 6.45) is 1.70. The van der Waals surface area contributed by atoms with Crippen LogP contribution < -0.4 is 10.1 Å². The predicted molar refractivity (Wildman–Crippen MR) is 112 cm³/mol. The van der Waals surface area contributed by atoms with Crippen molar-refractivity contribution in [2.45, 2.75) is 17.7 Å². The number of halogens is 1. The zero-order valence-corrected chi connectivity index (χ0v) is 17.2. The Hall–Kier alpha value is -3.04.